The topological polar surface area (TPSA) is 98.3 Å². The molecule has 0 radical (unpaired) electrons. The van der Waals surface area contributed by atoms with Crippen molar-refractivity contribution < 1.29 is 22.3 Å². The minimum atomic E-state index is -4.74. The van der Waals surface area contributed by atoms with Crippen LogP contribution in [0.3, 0.4) is 0 Å². The molecule has 0 atom stereocenters. The third-order valence-corrected chi connectivity index (χ3v) is 5.84. The van der Waals surface area contributed by atoms with Gasteiger partial charge in [0.25, 0.3) is 11.4 Å². The first kappa shape index (κ1) is 21.4. The number of rotatable bonds is 5. The van der Waals surface area contributed by atoms with Gasteiger partial charge < -0.3 is 9.15 Å². The molecule has 3 aromatic heterocycles. The van der Waals surface area contributed by atoms with Crippen molar-refractivity contribution in [1.29, 1.82) is 0 Å². The van der Waals surface area contributed by atoms with Crippen molar-refractivity contribution in [3.63, 3.8) is 0 Å². The van der Waals surface area contributed by atoms with E-state index in [1.807, 2.05) is 0 Å². The minimum absolute atomic E-state index is 0.0827. The highest BCUT2D eigenvalue weighted by atomic mass is 19.4. The number of hydrogen-bond donors (Lipinski definition) is 1. The number of H-pyrrole nitrogens is 1. The number of benzene rings is 1. The summed E-state index contributed by atoms with van der Waals surface area (Å²) in [5.41, 5.74) is -1.92. The molecule has 0 amide bonds. The fraction of sp³-hybridized carbons (Fsp3) is 0.364. The zero-order valence-electron chi connectivity index (χ0n) is 17.6. The van der Waals surface area contributed by atoms with E-state index in [0.717, 1.165) is 30.2 Å². The molecule has 1 aliphatic carbocycles. The van der Waals surface area contributed by atoms with Gasteiger partial charge in [-0.1, -0.05) is 43.2 Å². The van der Waals surface area contributed by atoms with E-state index in [0.29, 0.717) is 5.89 Å². The molecular formula is C22H20F3N5O3. The maximum atomic E-state index is 13.9. The molecule has 0 spiro atoms. The Morgan fingerprint density at radius 3 is 2.55 bits per heavy atom. The molecule has 0 aliphatic heterocycles. The Kier molecular flexibility index (Phi) is 5.28. The predicted molar refractivity (Wildman–Crippen MR) is 111 cm³/mol. The number of nitrogens with one attached hydrogen (secondary N) is 1. The van der Waals surface area contributed by atoms with Crippen molar-refractivity contribution in [3.8, 4) is 22.6 Å². The molecule has 0 saturated heterocycles. The first-order valence-corrected chi connectivity index (χ1v) is 10.5. The number of aromatic nitrogens is 5. The molecule has 33 heavy (non-hydrogen) atoms. The zero-order valence-corrected chi connectivity index (χ0v) is 17.6. The van der Waals surface area contributed by atoms with Crippen molar-refractivity contribution in [2.45, 2.75) is 44.4 Å². The lowest BCUT2D eigenvalue weighted by atomic mass is 10.1. The molecule has 0 unspecified atom stereocenters. The van der Waals surface area contributed by atoms with Crippen molar-refractivity contribution in [1.82, 2.24) is 24.8 Å². The highest BCUT2D eigenvalue weighted by molar-refractivity contribution is 5.81. The number of ether oxygens (including phenoxy) is 1. The van der Waals surface area contributed by atoms with Gasteiger partial charge >= 0.3 is 6.18 Å². The van der Waals surface area contributed by atoms with Crippen LogP contribution in [0.2, 0.25) is 0 Å². The fourth-order valence-electron chi connectivity index (χ4n) is 4.33. The van der Waals surface area contributed by atoms with Gasteiger partial charge in [0.15, 0.2) is 5.65 Å². The Balaban J connectivity index is 1.76. The van der Waals surface area contributed by atoms with E-state index in [1.165, 1.54) is 19.2 Å². The number of hydrogen-bond acceptors (Lipinski definition) is 6. The molecular weight excluding hydrogens is 439 g/mol. The lowest BCUT2D eigenvalue weighted by Gasteiger charge is -2.08. The lowest BCUT2D eigenvalue weighted by molar-refractivity contribution is -0.140. The SMILES string of the molecule is COCc1nc2c(-c3ccccc3)c(C(F)(F)F)[nH]n2c(=O)c1-c1nnc(C2CCCC2)o1. The van der Waals surface area contributed by atoms with Gasteiger partial charge in [-0.25, -0.2) is 4.98 Å². The van der Waals surface area contributed by atoms with Gasteiger partial charge in [0.2, 0.25) is 5.89 Å². The second kappa shape index (κ2) is 8.14. The largest absolute Gasteiger partial charge is 0.433 e. The fourth-order valence-corrected chi connectivity index (χ4v) is 4.33. The molecule has 3 heterocycles. The quantitative estimate of drug-likeness (QED) is 0.470. The van der Waals surface area contributed by atoms with Gasteiger partial charge in [-0.15, -0.1) is 10.2 Å². The molecule has 5 rings (SSSR count). The summed E-state index contributed by atoms with van der Waals surface area (Å²) in [5.74, 6) is 0.451. The van der Waals surface area contributed by atoms with Crippen LogP contribution in [-0.2, 0) is 17.5 Å². The average molecular weight is 459 g/mol. The summed E-state index contributed by atoms with van der Waals surface area (Å²) in [4.78, 5) is 17.8. The Morgan fingerprint density at radius 1 is 1.15 bits per heavy atom. The number of aromatic amines is 1. The van der Waals surface area contributed by atoms with E-state index < -0.39 is 17.4 Å². The normalized spacial score (nSPS) is 15.0. The number of nitrogens with zero attached hydrogens (tertiary/aromatic N) is 4. The van der Waals surface area contributed by atoms with Gasteiger partial charge in [0.05, 0.1) is 17.9 Å². The van der Waals surface area contributed by atoms with Crippen LogP contribution in [0.1, 0.15) is 48.9 Å². The molecule has 1 saturated carbocycles. The van der Waals surface area contributed by atoms with Crippen LogP contribution in [0.4, 0.5) is 13.2 Å². The van der Waals surface area contributed by atoms with Crippen LogP contribution >= 0.6 is 0 Å². The predicted octanol–water partition coefficient (Wildman–Crippen LogP) is 4.56. The lowest BCUT2D eigenvalue weighted by Crippen LogP contribution is -2.21. The molecule has 4 aromatic rings. The Labute approximate surface area is 185 Å². The average Bonchev–Trinajstić information content (AvgIpc) is 3.53. The third-order valence-electron chi connectivity index (χ3n) is 5.84. The highest BCUT2D eigenvalue weighted by Crippen LogP contribution is 2.39. The summed E-state index contributed by atoms with van der Waals surface area (Å²) < 4.78 is 53.5. The molecule has 1 fully saturated rings. The van der Waals surface area contributed by atoms with Gasteiger partial charge in [-0.2, -0.15) is 17.7 Å². The van der Waals surface area contributed by atoms with Crippen molar-refractivity contribution >= 4 is 5.65 Å². The van der Waals surface area contributed by atoms with Crippen LogP contribution in [0, 0.1) is 0 Å². The van der Waals surface area contributed by atoms with Gasteiger partial charge in [0.1, 0.15) is 11.3 Å². The van der Waals surface area contributed by atoms with E-state index >= 15 is 0 Å². The summed E-state index contributed by atoms with van der Waals surface area (Å²) in [5, 5.41) is 10.3. The van der Waals surface area contributed by atoms with Crippen LogP contribution in [0.5, 0.6) is 0 Å². The van der Waals surface area contributed by atoms with E-state index in [1.54, 1.807) is 18.2 Å². The Morgan fingerprint density at radius 2 is 1.88 bits per heavy atom. The van der Waals surface area contributed by atoms with Crippen LogP contribution in [-0.4, -0.2) is 31.9 Å². The van der Waals surface area contributed by atoms with Crippen molar-refractivity contribution in [3.05, 3.63) is 58.0 Å². The van der Waals surface area contributed by atoms with Crippen LogP contribution in [0.25, 0.3) is 28.2 Å². The summed E-state index contributed by atoms with van der Waals surface area (Å²) in [6, 6.07) is 7.98. The molecule has 1 N–H and O–H groups in total. The van der Waals surface area contributed by atoms with E-state index in [-0.39, 0.29) is 46.4 Å². The molecule has 0 bridgehead atoms. The molecule has 172 valence electrons. The number of alkyl halides is 3. The van der Waals surface area contributed by atoms with Crippen molar-refractivity contribution in [2.24, 2.45) is 0 Å². The minimum Gasteiger partial charge on any atom is -0.420 e. The second-order valence-electron chi connectivity index (χ2n) is 7.98. The monoisotopic (exact) mass is 459 g/mol. The number of fused-ring (bicyclic) bond motifs is 1. The molecule has 1 aliphatic rings. The molecule has 11 heteroatoms. The van der Waals surface area contributed by atoms with Crippen molar-refractivity contribution in [2.75, 3.05) is 7.11 Å². The van der Waals surface area contributed by atoms with E-state index in [9.17, 15) is 18.0 Å². The summed E-state index contributed by atoms with van der Waals surface area (Å²) in [6.45, 7) is -0.122. The summed E-state index contributed by atoms with van der Waals surface area (Å²) in [7, 11) is 1.40. The Hall–Kier alpha value is -3.47. The van der Waals surface area contributed by atoms with Crippen LogP contribution < -0.4 is 5.56 Å². The van der Waals surface area contributed by atoms with Gasteiger partial charge in [-0.3, -0.25) is 9.89 Å². The zero-order chi connectivity index (χ0) is 23.2. The highest BCUT2D eigenvalue weighted by Gasteiger charge is 2.39. The number of methoxy groups -OCH3 is 1. The van der Waals surface area contributed by atoms with Gasteiger partial charge in [-0.05, 0) is 18.4 Å². The maximum Gasteiger partial charge on any atom is 0.433 e. The number of halogens is 3. The maximum absolute atomic E-state index is 13.9. The van der Waals surface area contributed by atoms with E-state index in [2.05, 4.69) is 20.3 Å². The molecule has 8 nitrogen and oxygen atoms in total. The smallest absolute Gasteiger partial charge is 0.420 e. The first-order chi connectivity index (χ1) is 15.9. The summed E-state index contributed by atoms with van der Waals surface area (Å²) >= 11 is 0. The first-order valence-electron chi connectivity index (χ1n) is 10.5. The Bertz CT molecular complexity index is 1350. The summed E-state index contributed by atoms with van der Waals surface area (Å²) in [6.07, 6.45) is -0.812. The van der Waals surface area contributed by atoms with E-state index in [4.69, 9.17) is 9.15 Å². The van der Waals surface area contributed by atoms with Crippen LogP contribution in [0.15, 0.2) is 39.5 Å². The standard InChI is InChI=1S/C22H20F3N5O3/c1-32-11-14-16(20-28-27-19(33-20)13-9-5-6-10-13)21(31)30-18(26-14)15(12-7-3-2-4-8-12)17(29-30)22(23,24)25/h2-4,7-8,13,29H,5-6,9-11H2,1H3. The third kappa shape index (κ3) is 3.71. The second-order valence-corrected chi connectivity index (χ2v) is 7.98. The molecule has 1 aromatic carbocycles. The van der Waals surface area contributed by atoms with Gasteiger partial charge in [0, 0.05) is 13.0 Å².